The van der Waals surface area contributed by atoms with Crippen LogP contribution in [0.1, 0.15) is 23.5 Å². The third-order valence-electron chi connectivity index (χ3n) is 4.55. The first-order chi connectivity index (χ1) is 12.3. The second-order valence-electron chi connectivity index (χ2n) is 6.28. The van der Waals surface area contributed by atoms with E-state index in [0.717, 1.165) is 24.1 Å². The molecule has 1 heterocycles. The van der Waals surface area contributed by atoms with Crippen LogP contribution in [0.3, 0.4) is 0 Å². The molecule has 7 heteroatoms. The molecule has 1 amide bonds. The van der Waals surface area contributed by atoms with Gasteiger partial charge in [-0.05, 0) is 36.2 Å². The van der Waals surface area contributed by atoms with E-state index in [2.05, 4.69) is 5.32 Å². The minimum atomic E-state index is -4.33. The summed E-state index contributed by atoms with van der Waals surface area (Å²) in [6.07, 6.45) is -3.59. The molecule has 2 aromatic carbocycles. The summed E-state index contributed by atoms with van der Waals surface area (Å²) in [5, 5.41) is 3.57. The molecular formula is C19H18ClF3N2O. The number of carbonyl (C=O) groups excluding carboxylic acids is 1. The lowest BCUT2D eigenvalue weighted by Gasteiger charge is -2.18. The van der Waals surface area contributed by atoms with Crippen molar-refractivity contribution in [1.29, 1.82) is 0 Å². The number of nitrogens with zero attached hydrogens (tertiary/aromatic N) is 1. The van der Waals surface area contributed by atoms with Crippen molar-refractivity contribution in [2.45, 2.75) is 18.5 Å². The van der Waals surface area contributed by atoms with Crippen molar-refractivity contribution < 1.29 is 18.0 Å². The van der Waals surface area contributed by atoms with Crippen LogP contribution in [0.2, 0.25) is 5.02 Å². The summed E-state index contributed by atoms with van der Waals surface area (Å²) in [5.41, 5.74) is 0.865. The van der Waals surface area contributed by atoms with Gasteiger partial charge in [-0.3, -0.25) is 4.79 Å². The van der Waals surface area contributed by atoms with E-state index >= 15 is 0 Å². The standard InChI is InChI=1S/C19H18ClF3N2O/c20-16-3-1-2-4-17(16)24-11-18(26)25-10-9-14(12-25)13-5-7-15(8-6-13)19(21,22)23/h1-8,14,24H,9-12H2. The molecule has 1 aliphatic rings. The summed E-state index contributed by atoms with van der Waals surface area (Å²) in [6, 6.07) is 12.4. The average molecular weight is 383 g/mol. The molecule has 0 spiro atoms. The highest BCUT2D eigenvalue weighted by Crippen LogP contribution is 2.32. The van der Waals surface area contributed by atoms with Crippen molar-refractivity contribution in [2.75, 3.05) is 25.0 Å². The lowest BCUT2D eigenvalue weighted by atomic mass is 9.97. The third kappa shape index (κ3) is 4.30. The maximum absolute atomic E-state index is 12.6. The van der Waals surface area contributed by atoms with E-state index in [-0.39, 0.29) is 18.4 Å². The third-order valence-corrected chi connectivity index (χ3v) is 4.88. The zero-order valence-electron chi connectivity index (χ0n) is 13.9. The van der Waals surface area contributed by atoms with Gasteiger partial charge in [-0.1, -0.05) is 35.9 Å². The van der Waals surface area contributed by atoms with Crippen LogP contribution in [0, 0.1) is 0 Å². The van der Waals surface area contributed by atoms with E-state index in [1.165, 1.54) is 12.1 Å². The van der Waals surface area contributed by atoms with Gasteiger partial charge in [-0.15, -0.1) is 0 Å². The van der Waals surface area contributed by atoms with Crippen molar-refractivity contribution in [1.82, 2.24) is 4.90 Å². The summed E-state index contributed by atoms with van der Waals surface area (Å²) in [5.74, 6) is 0.000813. The van der Waals surface area contributed by atoms with E-state index in [1.807, 2.05) is 12.1 Å². The number of amides is 1. The molecule has 1 atom stereocenters. The molecule has 1 fully saturated rings. The maximum Gasteiger partial charge on any atom is 0.416 e. The molecule has 2 aromatic rings. The van der Waals surface area contributed by atoms with E-state index in [0.29, 0.717) is 23.8 Å². The van der Waals surface area contributed by atoms with Gasteiger partial charge < -0.3 is 10.2 Å². The van der Waals surface area contributed by atoms with Crippen LogP contribution in [0.25, 0.3) is 0 Å². The molecule has 0 radical (unpaired) electrons. The molecule has 1 unspecified atom stereocenters. The predicted molar refractivity (Wildman–Crippen MR) is 95.3 cm³/mol. The molecule has 0 aliphatic carbocycles. The molecule has 1 aliphatic heterocycles. The van der Waals surface area contributed by atoms with Gasteiger partial charge in [0.15, 0.2) is 0 Å². The van der Waals surface area contributed by atoms with E-state index in [4.69, 9.17) is 11.6 Å². The van der Waals surface area contributed by atoms with E-state index < -0.39 is 11.7 Å². The average Bonchev–Trinajstić information content (AvgIpc) is 3.10. The van der Waals surface area contributed by atoms with Crippen LogP contribution in [0.5, 0.6) is 0 Å². The first-order valence-electron chi connectivity index (χ1n) is 8.28. The number of carbonyl (C=O) groups is 1. The Morgan fingerprint density at radius 1 is 1.15 bits per heavy atom. The fraction of sp³-hybridized carbons (Fsp3) is 0.316. The zero-order valence-corrected chi connectivity index (χ0v) is 14.6. The number of para-hydroxylation sites is 1. The Morgan fingerprint density at radius 2 is 1.85 bits per heavy atom. The summed E-state index contributed by atoms with van der Waals surface area (Å²) in [4.78, 5) is 14.1. The highest BCUT2D eigenvalue weighted by atomic mass is 35.5. The monoisotopic (exact) mass is 382 g/mol. The Labute approximate surface area is 154 Å². The van der Waals surface area contributed by atoms with Gasteiger partial charge in [-0.25, -0.2) is 0 Å². The summed E-state index contributed by atoms with van der Waals surface area (Å²) in [6.45, 7) is 1.23. The Kier molecular flexibility index (Phi) is 5.41. The van der Waals surface area contributed by atoms with Gasteiger partial charge in [0.25, 0.3) is 0 Å². The molecule has 0 saturated carbocycles. The highest BCUT2D eigenvalue weighted by molar-refractivity contribution is 6.33. The van der Waals surface area contributed by atoms with Crippen molar-refractivity contribution in [2.24, 2.45) is 0 Å². The van der Waals surface area contributed by atoms with Crippen LogP contribution < -0.4 is 5.32 Å². The van der Waals surface area contributed by atoms with Gasteiger partial charge in [0.2, 0.25) is 5.91 Å². The Morgan fingerprint density at radius 3 is 2.50 bits per heavy atom. The molecule has 0 bridgehead atoms. The van der Waals surface area contributed by atoms with Crippen molar-refractivity contribution in [3.8, 4) is 0 Å². The van der Waals surface area contributed by atoms with Crippen LogP contribution in [0.4, 0.5) is 18.9 Å². The van der Waals surface area contributed by atoms with Gasteiger partial charge in [0.1, 0.15) is 0 Å². The number of rotatable bonds is 4. The number of benzene rings is 2. The van der Waals surface area contributed by atoms with E-state index in [9.17, 15) is 18.0 Å². The number of hydrogen-bond acceptors (Lipinski definition) is 2. The number of anilines is 1. The Balaban J connectivity index is 1.56. The number of alkyl halides is 3. The van der Waals surface area contributed by atoms with Gasteiger partial charge in [0, 0.05) is 19.0 Å². The quantitative estimate of drug-likeness (QED) is 0.824. The number of hydrogen-bond donors (Lipinski definition) is 1. The first-order valence-corrected chi connectivity index (χ1v) is 8.66. The fourth-order valence-corrected chi connectivity index (χ4v) is 3.29. The maximum atomic E-state index is 12.6. The normalized spacial score (nSPS) is 17.4. The van der Waals surface area contributed by atoms with Crippen molar-refractivity contribution >= 4 is 23.2 Å². The largest absolute Gasteiger partial charge is 0.416 e. The summed E-state index contributed by atoms with van der Waals surface area (Å²) >= 11 is 6.05. The molecule has 3 rings (SSSR count). The first kappa shape index (κ1) is 18.6. The van der Waals surface area contributed by atoms with Gasteiger partial charge >= 0.3 is 6.18 Å². The molecule has 26 heavy (non-hydrogen) atoms. The second kappa shape index (κ2) is 7.58. The molecule has 1 saturated heterocycles. The smallest absolute Gasteiger partial charge is 0.375 e. The van der Waals surface area contributed by atoms with Crippen molar-refractivity contribution in [3.05, 3.63) is 64.7 Å². The Bertz CT molecular complexity index is 777. The zero-order chi connectivity index (χ0) is 18.7. The van der Waals surface area contributed by atoms with Crippen LogP contribution >= 0.6 is 11.6 Å². The molecule has 138 valence electrons. The van der Waals surface area contributed by atoms with Crippen LogP contribution in [-0.4, -0.2) is 30.4 Å². The Hall–Kier alpha value is -2.21. The highest BCUT2D eigenvalue weighted by Gasteiger charge is 2.31. The minimum absolute atomic E-state index is 0.0562. The number of halogens is 4. The lowest BCUT2D eigenvalue weighted by molar-refractivity contribution is -0.137. The summed E-state index contributed by atoms with van der Waals surface area (Å²) < 4.78 is 37.9. The second-order valence-corrected chi connectivity index (χ2v) is 6.69. The predicted octanol–water partition coefficient (Wildman–Crippen LogP) is 4.79. The topological polar surface area (TPSA) is 32.3 Å². The minimum Gasteiger partial charge on any atom is -0.375 e. The molecular weight excluding hydrogens is 365 g/mol. The molecule has 1 N–H and O–H groups in total. The summed E-state index contributed by atoms with van der Waals surface area (Å²) in [7, 11) is 0. The van der Waals surface area contributed by atoms with Crippen molar-refractivity contribution in [3.63, 3.8) is 0 Å². The van der Waals surface area contributed by atoms with Gasteiger partial charge in [-0.2, -0.15) is 13.2 Å². The molecule has 3 nitrogen and oxygen atoms in total. The van der Waals surface area contributed by atoms with Gasteiger partial charge in [0.05, 0.1) is 22.8 Å². The number of likely N-dealkylation sites (tertiary alicyclic amines) is 1. The van der Waals surface area contributed by atoms with E-state index in [1.54, 1.807) is 17.0 Å². The van der Waals surface area contributed by atoms with Crippen LogP contribution in [-0.2, 0) is 11.0 Å². The molecule has 0 aromatic heterocycles. The SMILES string of the molecule is O=C(CNc1ccccc1Cl)N1CCC(c2ccc(C(F)(F)F)cc2)C1. The number of nitrogens with one attached hydrogen (secondary N) is 1. The fourth-order valence-electron chi connectivity index (χ4n) is 3.09. The van der Waals surface area contributed by atoms with Crippen LogP contribution in [0.15, 0.2) is 48.5 Å². The lowest BCUT2D eigenvalue weighted by Crippen LogP contribution is -2.33.